The Hall–Kier alpha value is -0.570. The van der Waals surface area contributed by atoms with E-state index < -0.39 is 0 Å². The molecule has 0 spiro atoms. The van der Waals surface area contributed by atoms with Crippen LogP contribution >= 0.6 is 0 Å². The quantitative estimate of drug-likeness (QED) is 0.610. The van der Waals surface area contributed by atoms with Crippen molar-refractivity contribution in [1.29, 1.82) is 0 Å². The Balaban J connectivity index is 3.18. The van der Waals surface area contributed by atoms with Crippen LogP contribution in [0.1, 0.15) is 40.0 Å². The van der Waals surface area contributed by atoms with Crippen LogP contribution in [0.4, 0.5) is 0 Å². The molecule has 0 aromatic rings. The number of carbonyl (C=O) groups is 1. The summed E-state index contributed by atoms with van der Waals surface area (Å²) in [6, 6.07) is 0. The molecule has 0 saturated heterocycles. The number of ether oxygens (including phenoxy) is 1. The average molecular weight is 201 g/mol. The summed E-state index contributed by atoms with van der Waals surface area (Å²) in [5, 5.41) is 2.83. The van der Waals surface area contributed by atoms with E-state index in [0.29, 0.717) is 25.5 Å². The molecule has 0 unspecified atom stereocenters. The summed E-state index contributed by atoms with van der Waals surface area (Å²) >= 11 is 0. The second-order valence-electron chi connectivity index (χ2n) is 3.89. The summed E-state index contributed by atoms with van der Waals surface area (Å²) in [6.45, 7) is 8.36. The molecule has 0 saturated carbocycles. The Morgan fingerprint density at radius 1 is 1.36 bits per heavy atom. The molecule has 0 aliphatic carbocycles. The molecule has 0 aromatic carbocycles. The van der Waals surface area contributed by atoms with Crippen molar-refractivity contribution in [3.8, 4) is 0 Å². The van der Waals surface area contributed by atoms with Gasteiger partial charge in [0, 0.05) is 19.6 Å². The predicted octanol–water partition coefficient (Wildman–Crippen LogP) is 1.97. The molecule has 0 aliphatic rings. The van der Waals surface area contributed by atoms with Gasteiger partial charge in [0.25, 0.3) is 0 Å². The largest absolute Gasteiger partial charge is 0.380 e. The highest BCUT2D eigenvalue weighted by Gasteiger charge is 2.01. The van der Waals surface area contributed by atoms with E-state index in [-0.39, 0.29) is 5.91 Å². The molecule has 0 radical (unpaired) electrons. The van der Waals surface area contributed by atoms with Crippen LogP contribution in [0.15, 0.2) is 0 Å². The minimum Gasteiger partial charge on any atom is -0.380 e. The van der Waals surface area contributed by atoms with Gasteiger partial charge in [0.05, 0.1) is 6.61 Å². The lowest BCUT2D eigenvalue weighted by molar-refractivity contribution is -0.121. The molecule has 1 N–H and O–H groups in total. The van der Waals surface area contributed by atoms with E-state index in [4.69, 9.17) is 4.74 Å². The van der Waals surface area contributed by atoms with Crippen LogP contribution in [0.25, 0.3) is 0 Å². The minimum absolute atomic E-state index is 0.138. The zero-order valence-corrected chi connectivity index (χ0v) is 9.64. The molecule has 1 amide bonds. The van der Waals surface area contributed by atoms with Crippen molar-refractivity contribution < 1.29 is 9.53 Å². The topological polar surface area (TPSA) is 38.3 Å². The Labute approximate surface area is 87.2 Å². The van der Waals surface area contributed by atoms with Gasteiger partial charge in [-0.15, -0.1) is 0 Å². The van der Waals surface area contributed by atoms with E-state index in [1.54, 1.807) is 0 Å². The van der Waals surface area contributed by atoms with Gasteiger partial charge in [-0.3, -0.25) is 4.79 Å². The van der Waals surface area contributed by atoms with Crippen LogP contribution in [-0.4, -0.2) is 25.7 Å². The fourth-order valence-corrected chi connectivity index (χ4v) is 1.02. The summed E-state index contributed by atoms with van der Waals surface area (Å²) in [5.41, 5.74) is 0. The normalized spacial score (nSPS) is 10.6. The number of hydrogen-bond donors (Lipinski definition) is 1. The maximum absolute atomic E-state index is 11.2. The zero-order valence-electron chi connectivity index (χ0n) is 9.64. The lowest BCUT2D eigenvalue weighted by Crippen LogP contribution is -2.27. The van der Waals surface area contributed by atoms with Crippen molar-refractivity contribution in [3.05, 3.63) is 0 Å². The van der Waals surface area contributed by atoms with Gasteiger partial charge in [-0.05, 0) is 18.8 Å². The molecule has 0 bridgehead atoms. The highest BCUT2D eigenvalue weighted by Crippen LogP contribution is 2.02. The molecule has 0 heterocycles. The molecule has 0 aliphatic heterocycles. The second-order valence-corrected chi connectivity index (χ2v) is 3.89. The summed E-state index contributed by atoms with van der Waals surface area (Å²) in [7, 11) is 0. The predicted molar refractivity (Wildman–Crippen MR) is 58.2 cm³/mol. The van der Waals surface area contributed by atoms with Gasteiger partial charge >= 0.3 is 0 Å². The number of nitrogens with one attached hydrogen (secondary N) is 1. The summed E-state index contributed by atoms with van der Waals surface area (Å²) in [6.07, 6.45) is 2.62. The van der Waals surface area contributed by atoms with Crippen molar-refractivity contribution >= 4 is 5.91 Å². The maximum Gasteiger partial charge on any atom is 0.220 e. The number of hydrogen-bond acceptors (Lipinski definition) is 2. The minimum atomic E-state index is 0.138. The first-order valence-electron chi connectivity index (χ1n) is 5.51. The van der Waals surface area contributed by atoms with E-state index in [1.807, 2.05) is 0 Å². The smallest absolute Gasteiger partial charge is 0.220 e. The van der Waals surface area contributed by atoms with Crippen LogP contribution < -0.4 is 5.32 Å². The van der Waals surface area contributed by atoms with E-state index in [9.17, 15) is 4.79 Å². The Morgan fingerprint density at radius 3 is 2.64 bits per heavy atom. The van der Waals surface area contributed by atoms with E-state index in [0.717, 1.165) is 19.4 Å². The van der Waals surface area contributed by atoms with Crippen LogP contribution in [0.2, 0.25) is 0 Å². The number of rotatable bonds is 8. The van der Waals surface area contributed by atoms with Crippen molar-refractivity contribution in [2.24, 2.45) is 5.92 Å². The first kappa shape index (κ1) is 13.4. The summed E-state index contributed by atoms with van der Waals surface area (Å²) in [5.74, 6) is 0.732. The molecule has 14 heavy (non-hydrogen) atoms. The summed E-state index contributed by atoms with van der Waals surface area (Å²) in [4.78, 5) is 11.2. The standard InChI is InChI=1S/C11H23NO2/c1-4-8-14-9-7-12-11(13)6-5-10(2)3/h10H,4-9H2,1-3H3,(H,12,13). The van der Waals surface area contributed by atoms with Gasteiger partial charge in [-0.2, -0.15) is 0 Å². The monoisotopic (exact) mass is 201 g/mol. The average Bonchev–Trinajstić information content (AvgIpc) is 2.14. The van der Waals surface area contributed by atoms with Crippen molar-refractivity contribution in [2.45, 2.75) is 40.0 Å². The Morgan fingerprint density at radius 2 is 2.07 bits per heavy atom. The zero-order chi connectivity index (χ0) is 10.8. The molecule has 0 aromatic heterocycles. The van der Waals surface area contributed by atoms with Crippen LogP contribution in [0.5, 0.6) is 0 Å². The first-order chi connectivity index (χ1) is 6.66. The molecular formula is C11H23NO2. The Bertz CT molecular complexity index is 146. The molecule has 0 fully saturated rings. The van der Waals surface area contributed by atoms with Crippen LogP contribution in [-0.2, 0) is 9.53 Å². The number of amides is 1. The third-order valence-electron chi connectivity index (χ3n) is 1.87. The Kier molecular flexibility index (Phi) is 8.64. The number of carbonyl (C=O) groups excluding carboxylic acids is 1. The lowest BCUT2D eigenvalue weighted by atomic mass is 10.1. The van der Waals surface area contributed by atoms with Gasteiger partial charge in [-0.25, -0.2) is 0 Å². The highest BCUT2D eigenvalue weighted by molar-refractivity contribution is 5.75. The van der Waals surface area contributed by atoms with E-state index in [2.05, 4.69) is 26.1 Å². The van der Waals surface area contributed by atoms with Gasteiger partial charge < -0.3 is 10.1 Å². The molecule has 3 nitrogen and oxygen atoms in total. The van der Waals surface area contributed by atoms with Crippen molar-refractivity contribution in [3.63, 3.8) is 0 Å². The highest BCUT2D eigenvalue weighted by atomic mass is 16.5. The van der Waals surface area contributed by atoms with Crippen molar-refractivity contribution in [2.75, 3.05) is 19.8 Å². The van der Waals surface area contributed by atoms with E-state index in [1.165, 1.54) is 0 Å². The van der Waals surface area contributed by atoms with Gasteiger partial charge in [0.15, 0.2) is 0 Å². The molecule has 0 atom stereocenters. The van der Waals surface area contributed by atoms with Crippen LogP contribution in [0.3, 0.4) is 0 Å². The van der Waals surface area contributed by atoms with Crippen LogP contribution in [0, 0.1) is 5.92 Å². The molecule has 0 rings (SSSR count). The van der Waals surface area contributed by atoms with Gasteiger partial charge in [0.2, 0.25) is 5.91 Å². The van der Waals surface area contributed by atoms with Gasteiger partial charge in [-0.1, -0.05) is 20.8 Å². The fraction of sp³-hybridized carbons (Fsp3) is 0.909. The SMILES string of the molecule is CCCOCCNC(=O)CCC(C)C. The van der Waals surface area contributed by atoms with Crippen molar-refractivity contribution in [1.82, 2.24) is 5.32 Å². The molecule has 84 valence electrons. The molecular weight excluding hydrogens is 178 g/mol. The maximum atomic E-state index is 11.2. The summed E-state index contributed by atoms with van der Waals surface area (Å²) < 4.78 is 5.24. The lowest BCUT2D eigenvalue weighted by Gasteiger charge is -2.06. The third-order valence-corrected chi connectivity index (χ3v) is 1.87. The second kappa shape index (κ2) is 9.00. The van der Waals surface area contributed by atoms with Gasteiger partial charge in [0.1, 0.15) is 0 Å². The third kappa shape index (κ3) is 9.52. The first-order valence-corrected chi connectivity index (χ1v) is 5.51. The van der Waals surface area contributed by atoms with E-state index >= 15 is 0 Å². The molecule has 3 heteroatoms. The fourth-order valence-electron chi connectivity index (χ4n) is 1.02.